The van der Waals surface area contributed by atoms with E-state index in [0.29, 0.717) is 6.23 Å². The molecule has 1 heterocycles. The second-order valence-corrected chi connectivity index (χ2v) is 2.95. The van der Waals surface area contributed by atoms with Crippen LogP contribution < -0.4 is 11.1 Å². The van der Waals surface area contributed by atoms with Crippen molar-refractivity contribution in [3.8, 4) is 0 Å². The standard InChI is InChI=1S/C8H18N2O/c9-5-1-2-7-11-8-4-3-6-10-8/h8,10H,1-7,9H2. The fourth-order valence-corrected chi connectivity index (χ4v) is 1.27. The van der Waals surface area contributed by atoms with Crippen LogP contribution in [0.25, 0.3) is 0 Å². The normalized spacial score (nSPS) is 24.3. The first-order valence-corrected chi connectivity index (χ1v) is 4.48. The molecular weight excluding hydrogens is 140 g/mol. The topological polar surface area (TPSA) is 47.3 Å². The number of nitrogens with two attached hydrogens (primary N) is 1. The van der Waals surface area contributed by atoms with Crippen LogP contribution in [0, 0.1) is 0 Å². The highest BCUT2D eigenvalue weighted by Crippen LogP contribution is 2.06. The zero-order chi connectivity index (χ0) is 7.94. The maximum absolute atomic E-state index is 5.54. The van der Waals surface area contributed by atoms with Crippen LogP contribution in [0.3, 0.4) is 0 Å². The van der Waals surface area contributed by atoms with E-state index in [4.69, 9.17) is 10.5 Å². The van der Waals surface area contributed by atoms with Gasteiger partial charge in [0, 0.05) is 6.61 Å². The second-order valence-electron chi connectivity index (χ2n) is 2.95. The third kappa shape index (κ3) is 3.70. The maximum atomic E-state index is 5.54. The Kier molecular flexibility index (Phi) is 4.50. The van der Waals surface area contributed by atoms with Crippen LogP contribution in [0.1, 0.15) is 25.7 Å². The van der Waals surface area contributed by atoms with E-state index in [0.717, 1.165) is 32.5 Å². The van der Waals surface area contributed by atoms with Crippen molar-refractivity contribution in [2.24, 2.45) is 5.73 Å². The average molecular weight is 158 g/mol. The molecule has 0 spiro atoms. The van der Waals surface area contributed by atoms with Crippen molar-refractivity contribution >= 4 is 0 Å². The predicted molar refractivity (Wildman–Crippen MR) is 45.3 cm³/mol. The molecule has 0 aromatic rings. The molecule has 1 aliphatic rings. The Morgan fingerprint density at radius 2 is 2.36 bits per heavy atom. The van der Waals surface area contributed by atoms with Crippen molar-refractivity contribution in [2.45, 2.75) is 31.9 Å². The molecule has 1 rings (SSSR count). The van der Waals surface area contributed by atoms with Gasteiger partial charge in [0.05, 0.1) is 0 Å². The van der Waals surface area contributed by atoms with Gasteiger partial charge in [-0.05, 0) is 38.8 Å². The highest BCUT2D eigenvalue weighted by Gasteiger charge is 2.12. The van der Waals surface area contributed by atoms with E-state index in [2.05, 4.69) is 5.32 Å². The fourth-order valence-electron chi connectivity index (χ4n) is 1.27. The largest absolute Gasteiger partial charge is 0.363 e. The first kappa shape index (κ1) is 8.97. The first-order valence-electron chi connectivity index (χ1n) is 4.48. The highest BCUT2D eigenvalue weighted by atomic mass is 16.5. The molecule has 1 fully saturated rings. The van der Waals surface area contributed by atoms with Gasteiger partial charge in [0.25, 0.3) is 0 Å². The van der Waals surface area contributed by atoms with E-state index in [-0.39, 0.29) is 0 Å². The van der Waals surface area contributed by atoms with Gasteiger partial charge in [0.15, 0.2) is 0 Å². The number of rotatable bonds is 5. The van der Waals surface area contributed by atoms with Gasteiger partial charge in [-0.25, -0.2) is 0 Å². The van der Waals surface area contributed by atoms with Crippen molar-refractivity contribution in [1.82, 2.24) is 5.32 Å². The fraction of sp³-hybridized carbons (Fsp3) is 1.00. The van der Waals surface area contributed by atoms with Crippen LogP contribution in [0.5, 0.6) is 0 Å². The van der Waals surface area contributed by atoms with Gasteiger partial charge in [0.1, 0.15) is 6.23 Å². The van der Waals surface area contributed by atoms with Crippen LogP contribution in [0.15, 0.2) is 0 Å². The molecule has 0 aliphatic carbocycles. The van der Waals surface area contributed by atoms with Crippen LogP contribution in [-0.4, -0.2) is 25.9 Å². The average Bonchev–Trinajstić information content (AvgIpc) is 2.50. The van der Waals surface area contributed by atoms with Gasteiger partial charge in [-0.2, -0.15) is 0 Å². The lowest BCUT2D eigenvalue weighted by molar-refractivity contribution is 0.0415. The molecule has 1 atom stereocenters. The third-order valence-electron chi connectivity index (χ3n) is 1.93. The van der Waals surface area contributed by atoms with E-state index in [1.165, 1.54) is 12.8 Å². The second kappa shape index (κ2) is 5.52. The van der Waals surface area contributed by atoms with Crippen molar-refractivity contribution in [2.75, 3.05) is 19.7 Å². The summed E-state index contributed by atoms with van der Waals surface area (Å²) in [5.74, 6) is 0. The quantitative estimate of drug-likeness (QED) is 0.571. The van der Waals surface area contributed by atoms with Gasteiger partial charge < -0.3 is 10.5 Å². The van der Waals surface area contributed by atoms with Gasteiger partial charge in [-0.3, -0.25) is 5.32 Å². The summed E-state index contributed by atoms with van der Waals surface area (Å²) in [6.45, 7) is 2.75. The van der Waals surface area contributed by atoms with E-state index >= 15 is 0 Å². The Morgan fingerprint density at radius 3 is 3.00 bits per heavy atom. The summed E-state index contributed by atoms with van der Waals surface area (Å²) >= 11 is 0. The molecule has 3 nitrogen and oxygen atoms in total. The Bertz CT molecular complexity index is 92.1. The predicted octanol–water partition coefficient (Wildman–Crippen LogP) is 0.451. The zero-order valence-electron chi connectivity index (χ0n) is 7.01. The van der Waals surface area contributed by atoms with E-state index in [9.17, 15) is 0 Å². The molecule has 66 valence electrons. The molecule has 1 unspecified atom stereocenters. The SMILES string of the molecule is NCCCCOC1CCCN1. The number of hydrogen-bond acceptors (Lipinski definition) is 3. The molecule has 0 radical (unpaired) electrons. The van der Waals surface area contributed by atoms with Crippen LogP contribution in [-0.2, 0) is 4.74 Å². The summed E-state index contributed by atoms with van der Waals surface area (Å²) in [6.07, 6.45) is 4.92. The molecule has 1 aliphatic heterocycles. The minimum absolute atomic E-state index is 0.327. The lowest BCUT2D eigenvalue weighted by Gasteiger charge is -2.10. The van der Waals surface area contributed by atoms with Crippen molar-refractivity contribution in [1.29, 1.82) is 0 Å². The number of ether oxygens (including phenoxy) is 1. The summed E-state index contributed by atoms with van der Waals surface area (Å²) < 4.78 is 5.54. The Morgan fingerprint density at radius 1 is 1.45 bits per heavy atom. The molecule has 0 aromatic carbocycles. The Labute approximate surface area is 68.3 Å². The number of nitrogens with one attached hydrogen (secondary N) is 1. The van der Waals surface area contributed by atoms with E-state index < -0.39 is 0 Å². The summed E-state index contributed by atoms with van der Waals surface area (Å²) in [5.41, 5.74) is 5.35. The first-order chi connectivity index (χ1) is 5.43. The minimum atomic E-state index is 0.327. The molecule has 1 saturated heterocycles. The number of hydrogen-bond donors (Lipinski definition) is 2. The molecule has 0 saturated carbocycles. The summed E-state index contributed by atoms with van der Waals surface area (Å²) in [5, 5.41) is 3.28. The Balaban J connectivity index is 1.86. The van der Waals surface area contributed by atoms with Gasteiger partial charge in [-0.1, -0.05) is 0 Å². The maximum Gasteiger partial charge on any atom is 0.108 e. The molecule has 11 heavy (non-hydrogen) atoms. The summed E-state index contributed by atoms with van der Waals surface area (Å²) in [7, 11) is 0. The van der Waals surface area contributed by atoms with Crippen LogP contribution >= 0.6 is 0 Å². The van der Waals surface area contributed by atoms with E-state index in [1.54, 1.807) is 0 Å². The van der Waals surface area contributed by atoms with Gasteiger partial charge in [0.2, 0.25) is 0 Å². The monoisotopic (exact) mass is 158 g/mol. The Hall–Kier alpha value is -0.120. The summed E-state index contributed by atoms with van der Waals surface area (Å²) in [4.78, 5) is 0. The molecular formula is C8H18N2O. The smallest absolute Gasteiger partial charge is 0.108 e. The molecule has 0 aromatic heterocycles. The lowest BCUT2D eigenvalue weighted by Crippen LogP contribution is -2.25. The zero-order valence-corrected chi connectivity index (χ0v) is 7.01. The highest BCUT2D eigenvalue weighted by molar-refractivity contribution is 4.64. The minimum Gasteiger partial charge on any atom is -0.363 e. The van der Waals surface area contributed by atoms with Gasteiger partial charge >= 0.3 is 0 Å². The van der Waals surface area contributed by atoms with Crippen LogP contribution in [0.2, 0.25) is 0 Å². The van der Waals surface area contributed by atoms with Gasteiger partial charge in [-0.15, -0.1) is 0 Å². The molecule has 0 bridgehead atoms. The third-order valence-corrected chi connectivity index (χ3v) is 1.93. The summed E-state index contributed by atoms with van der Waals surface area (Å²) in [6, 6.07) is 0. The lowest BCUT2D eigenvalue weighted by atomic mass is 10.3. The van der Waals surface area contributed by atoms with Crippen molar-refractivity contribution in [3.63, 3.8) is 0 Å². The van der Waals surface area contributed by atoms with E-state index in [1.807, 2.05) is 0 Å². The molecule has 3 heteroatoms. The molecule has 3 N–H and O–H groups in total. The molecule has 0 amide bonds. The van der Waals surface area contributed by atoms with Crippen molar-refractivity contribution in [3.05, 3.63) is 0 Å². The van der Waals surface area contributed by atoms with Crippen molar-refractivity contribution < 1.29 is 4.74 Å². The number of unbranched alkanes of at least 4 members (excludes halogenated alkanes) is 1. The van der Waals surface area contributed by atoms with Crippen LogP contribution in [0.4, 0.5) is 0 Å².